The van der Waals surface area contributed by atoms with Crippen molar-refractivity contribution < 1.29 is 25.5 Å². The predicted molar refractivity (Wildman–Crippen MR) is 197 cm³/mol. The monoisotopic (exact) mass is 684 g/mol. The molecule has 226 valence electrons. The van der Waals surface area contributed by atoms with Crippen LogP contribution in [0, 0.1) is 62.7 Å². The molecule has 2 aliphatic rings. The molecular formula is C42H30FeO2P2+2. The molecular weight excluding hydrogens is 654 g/mol. The molecule has 0 atom stereocenters. The Morgan fingerprint density at radius 3 is 1.34 bits per heavy atom. The Morgan fingerprint density at radius 1 is 0.426 bits per heavy atom. The Bertz CT molecular complexity index is 2000. The number of hydrogen-bond donors (Lipinski definition) is 0. The molecule has 1 heterocycles. The quantitative estimate of drug-likeness (QED) is 0.136. The van der Waals surface area contributed by atoms with Crippen LogP contribution in [0.1, 0.15) is 0 Å². The van der Waals surface area contributed by atoms with Gasteiger partial charge in [0.1, 0.15) is 11.2 Å². The molecule has 47 heavy (non-hydrogen) atoms. The van der Waals surface area contributed by atoms with E-state index in [0.29, 0.717) is 0 Å². The molecule has 0 spiro atoms. The van der Waals surface area contributed by atoms with Gasteiger partial charge in [-0.15, -0.1) is 0 Å². The summed E-state index contributed by atoms with van der Waals surface area (Å²) in [5.74, 6) is 0. The van der Waals surface area contributed by atoms with Crippen LogP contribution in [-0.4, -0.2) is 0 Å². The van der Waals surface area contributed by atoms with Crippen molar-refractivity contribution in [2.24, 2.45) is 0 Å². The molecule has 2 nitrogen and oxygen atoms in total. The van der Waals surface area contributed by atoms with E-state index < -0.39 is 15.9 Å². The van der Waals surface area contributed by atoms with Crippen molar-refractivity contribution in [2.75, 3.05) is 0 Å². The fourth-order valence-electron chi connectivity index (χ4n) is 6.07. The summed E-state index contributed by atoms with van der Waals surface area (Å²) in [6.07, 6.45) is 16.9. The van der Waals surface area contributed by atoms with Crippen molar-refractivity contribution in [3.8, 4) is 0 Å². The normalized spacial score (nSPS) is 15.3. The molecule has 1 aromatic heterocycles. The fourth-order valence-corrected chi connectivity index (χ4v) is 9.70. The second-order valence-electron chi connectivity index (χ2n) is 11.1. The van der Waals surface area contributed by atoms with Gasteiger partial charge in [-0.2, -0.15) is 0 Å². The van der Waals surface area contributed by atoms with Crippen molar-refractivity contribution in [3.05, 3.63) is 196 Å². The Labute approximate surface area is 290 Å². The van der Waals surface area contributed by atoms with Gasteiger partial charge in [0.2, 0.25) is 8.01 Å². The Morgan fingerprint density at radius 2 is 0.851 bits per heavy atom. The molecule has 9 rings (SSSR count). The van der Waals surface area contributed by atoms with E-state index >= 15 is 0 Å². The number of benzene rings is 6. The van der Waals surface area contributed by atoms with Gasteiger partial charge in [-0.25, -0.2) is 0 Å². The first kappa shape index (κ1) is 32.2. The van der Waals surface area contributed by atoms with E-state index in [2.05, 4.69) is 172 Å². The fraction of sp³-hybridized carbons (Fsp3) is 0. The smallest absolute Gasteiger partial charge is 0.419 e. The van der Waals surface area contributed by atoms with Crippen LogP contribution in [0.5, 0.6) is 0 Å². The van der Waals surface area contributed by atoms with E-state index in [4.69, 9.17) is 8.39 Å². The van der Waals surface area contributed by atoms with Crippen LogP contribution in [-0.2, 0) is 17.1 Å². The maximum atomic E-state index is 6.48. The molecule has 0 amide bonds. The first-order chi connectivity index (χ1) is 22.8. The van der Waals surface area contributed by atoms with Gasteiger partial charge in [0.15, 0.2) is 0 Å². The largest absolute Gasteiger partial charge is 2.00 e. The number of fused-ring (bicyclic) bond motifs is 7. The van der Waals surface area contributed by atoms with Crippen LogP contribution in [0.4, 0.5) is 0 Å². The van der Waals surface area contributed by atoms with Gasteiger partial charge in [0.25, 0.3) is 0 Å². The van der Waals surface area contributed by atoms with Gasteiger partial charge in [-0.1, -0.05) is 121 Å². The average molecular weight is 684 g/mol. The summed E-state index contributed by atoms with van der Waals surface area (Å²) in [6, 6.07) is 46.9. The van der Waals surface area contributed by atoms with Crippen LogP contribution in [0.2, 0.25) is 0 Å². The maximum Gasteiger partial charge on any atom is 2.00 e. The molecule has 0 aliphatic heterocycles. The minimum atomic E-state index is -1.24. The topological polar surface area (TPSA) is 26.3 Å². The van der Waals surface area contributed by atoms with Gasteiger partial charge in [-0.3, -0.25) is 0 Å². The summed E-state index contributed by atoms with van der Waals surface area (Å²) in [6.45, 7) is 0. The summed E-state index contributed by atoms with van der Waals surface area (Å²) < 4.78 is 13.0. The molecule has 0 unspecified atom stereocenters. The van der Waals surface area contributed by atoms with Crippen LogP contribution in [0.25, 0.3) is 43.5 Å². The minimum Gasteiger partial charge on any atom is -0.419 e. The third-order valence-corrected chi connectivity index (χ3v) is 12.1. The Balaban J connectivity index is 0.000000161. The molecule has 2 saturated carbocycles. The van der Waals surface area contributed by atoms with Crippen molar-refractivity contribution in [2.45, 2.75) is 0 Å². The van der Waals surface area contributed by atoms with Crippen molar-refractivity contribution in [1.29, 1.82) is 0 Å². The second-order valence-corrected chi connectivity index (χ2v) is 14.7. The van der Waals surface area contributed by atoms with Crippen molar-refractivity contribution in [1.82, 2.24) is 0 Å². The van der Waals surface area contributed by atoms with Gasteiger partial charge >= 0.3 is 17.1 Å². The van der Waals surface area contributed by atoms with Crippen molar-refractivity contribution >= 4 is 70.0 Å². The molecule has 0 N–H and O–H groups in total. The summed E-state index contributed by atoms with van der Waals surface area (Å²) in [4.78, 5) is 0. The molecule has 0 bridgehead atoms. The van der Waals surface area contributed by atoms with Crippen LogP contribution in [0.3, 0.4) is 0 Å². The maximum absolute atomic E-state index is 6.48. The van der Waals surface area contributed by atoms with Gasteiger partial charge in [0.05, 0.1) is 5.66 Å². The first-order valence-electron chi connectivity index (χ1n) is 15.4. The zero-order chi connectivity index (χ0) is 30.7. The van der Waals surface area contributed by atoms with E-state index in [0.717, 1.165) is 27.6 Å². The van der Waals surface area contributed by atoms with Crippen LogP contribution < -0.4 is 10.6 Å². The summed E-state index contributed by atoms with van der Waals surface area (Å²) in [5, 5.41) is 9.80. The summed E-state index contributed by atoms with van der Waals surface area (Å²) in [7, 11) is -1.65. The molecule has 7 aromatic rings. The third kappa shape index (κ3) is 6.70. The van der Waals surface area contributed by atoms with Crippen molar-refractivity contribution in [3.63, 3.8) is 0 Å². The standard InChI is InChI=1S/C25H16O2P.C17H14P.Fe/c1-5-11-20-17(7-1)13-15-22-24(20)25-21-12-6-2-8-18(21)14-16-23(25)27-28(26-22)19-9-3-4-10-19;1-3-9-15(10-4-1)18(17-13-7-8-14-17)16-11-5-2-6-12-16;/h1-16H;1-14H;/q;;+2. The second kappa shape index (κ2) is 14.8. The van der Waals surface area contributed by atoms with E-state index in [1.807, 2.05) is 12.8 Å². The molecule has 10 radical (unpaired) electrons. The number of hydrogen-bond acceptors (Lipinski definition) is 2. The molecule has 6 aromatic carbocycles. The van der Waals surface area contributed by atoms with Gasteiger partial charge in [0, 0.05) is 16.4 Å². The Hall–Kier alpha value is -3.31. The molecule has 5 heteroatoms. The minimum absolute atomic E-state index is 0. The van der Waals surface area contributed by atoms with E-state index in [9.17, 15) is 0 Å². The average Bonchev–Trinajstić information content (AvgIpc) is 3.83. The first-order valence-corrected chi connectivity index (χ1v) is 17.9. The molecule has 2 aliphatic carbocycles. The zero-order valence-corrected chi connectivity index (χ0v) is 28.3. The van der Waals surface area contributed by atoms with Gasteiger partial charge in [-0.05, 0) is 104 Å². The van der Waals surface area contributed by atoms with Crippen LogP contribution >= 0.6 is 15.9 Å². The SMILES string of the molecule is [CH]1[CH][CH][C](P(c2ccccc2)c2ccccc2)[CH]1.[CH]1[CH][CH][C](p2oc3ccc4ccccc4c3c3c(ccc4ccccc43)o2)[CH]1.[Fe+2]. The van der Waals surface area contributed by atoms with E-state index in [-0.39, 0.29) is 17.1 Å². The molecule has 2 fully saturated rings. The van der Waals surface area contributed by atoms with Gasteiger partial charge < -0.3 is 8.39 Å². The number of rotatable bonds is 4. The summed E-state index contributed by atoms with van der Waals surface area (Å²) >= 11 is 0. The van der Waals surface area contributed by atoms with E-state index in [1.165, 1.54) is 37.8 Å². The van der Waals surface area contributed by atoms with Crippen LogP contribution in [0.15, 0.2) is 142 Å². The zero-order valence-electron chi connectivity index (χ0n) is 25.4. The van der Waals surface area contributed by atoms with E-state index in [1.54, 1.807) is 0 Å². The summed E-state index contributed by atoms with van der Waals surface area (Å²) in [5.41, 5.74) is 4.25. The molecule has 0 saturated heterocycles. The third-order valence-electron chi connectivity index (χ3n) is 8.18. The Kier molecular flexibility index (Phi) is 10.2. The predicted octanol–water partition coefficient (Wildman–Crippen LogP) is 11.3.